The van der Waals surface area contributed by atoms with Crippen LogP contribution in [0.3, 0.4) is 0 Å². The third kappa shape index (κ3) is 3.75. The summed E-state index contributed by atoms with van der Waals surface area (Å²) in [7, 11) is 0.00530. The smallest absolute Gasteiger partial charge is 0.357 e. The van der Waals surface area contributed by atoms with Crippen molar-refractivity contribution in [3.05, 3.63) is 11.0 Å². The van der Waals surface area contributed by atoms with Crippen molar-refractivity contribution in [1.82, 2.24) is 9.34 Å². The molecule has 0 N–H and O–H groups in total. The molecule has 0 fully saturated rings. The predicted molar refractivity (Wildman–Crippen MR) is 105 cm³/mol. The number of esters is 2. The fourth-order valence-electron chi connectivity index (χ4n) is 3.82. The van der Waals surface area contributed by atoms with Gasteiger partial charge in [-0.3, -0.25) is 0 Å². The first kappa shape index (κ1) is 22.9. The maximum absolute atomic E-state index is 12.8. The fraction of sp³-hybridized carbons (Fsp3) is 0.778. The first-order chi connectivity index (χ1) is 12.0. The Morgan fingerprint density at radius 1 is 0.769 bits per heavy atom. The van der Waals surface area contributed by atoms with Crippen LogP contribution in [-0.4, -0.2) is 59.7 Å². The lowest BCUT2D eigenvalue weighted by Gasteiger charge is -2.53. The Kier molecular flexibility index (Phi) is 7.63. The predicted octanol–water partition coefficient (Wildman–Crippen LogP) is 3.83. The highest BCUT2D eigenvalue weighted by molar-refractivity contribution is 7.68. The fourth-order valence-corrected chi connectivity index (χ4v) is 8.48. The standard InChI is InChI=1S/C18H34N3O4P/c1-11(2)20(12(3)4)26(21(13(5)6)14(7)8)16(18(23)25-10)15(19-26)17(22)24-9/h11-14H,1-10H3. The average molecular weight is 387 g/mol. The van der Waals surface area contributed by atoms with Gasteiger partial charge in [0.1, 0.15) is 12.7 Å². The lowest BCUT2D eigenvalue weighted by Crippen LogP contribution is -2.48. The van der Waals surface area contributed by atoms with E-state index in [2.05, 4.69) is 64.7 Å². The van der Waals surface area contributed by atoms with Crippen LogP contribution in [-0.2, 0) is 19.1 Å². The zero-order valence-electron chi connectivity index (χ0n) is 17.7. The number of carbonyl (C=O) groups excluding carboxylic acids is 2. The van der Waals surface area contributed by atoms with Gasteiger partial charge in [-0.1, -0.05) is 0 Å². The zero-order chi connectivity index (χ0) is 20.4. The van der Waals surface area contributed by atoms with Gasteiger partial charge in [0.15, 0.2) is 5.70 Å². The Morgan fingerprint density at radius 3 is 1.38 bits per heavy atom. The van der Waals surface area contributed by atoms with E-state index in [-0.39, 0.29) is 29.9 Å². The zero-order valence-corrected chi connectivity index (χ0v) is 18.6. The first-order valence-electron chi connectivity index (χ1n) is 9.08. The van der Waals surface area contributed by atoms with Crippen molar-refractivity contribution in [3.63, 3.8) is 0 Å². The van der Waals surface area contributed by atoms with E-state index < -0.39 is 19.3 Å². The highest BCUT2D eigenvalue weighted by atomic mass is 31.2. The highest BCUT2D eigenvalue weighted by Gasteiger charge is 2.54. The van der Waals surface area contributed by atoms with Crippen LogP contribution in [0.5, 0.6) is 0 Å². The van der Waals surface area contributed by atoms with Gasteiger partial charge in [-0.15, -0.1) is 0 Å². The molecule has 7 nitrogen and oxygen atoms in total. The maximum atomic E-state index is 12.8. The molecule has 0 unspecified atom stereocenters. The third-order valence-electron chi connectivity index (χ3n) is 4.28. The molecule has 0 spiro atoms. The van der Waals surface area contributed by atoms with Crippen LogP contribution in [0.1, 0.15) is 55.4 Å². The van der Waals surface area contributed by atoms with Crippen LogP contribution in [0, 0.1) is 0 Å². The number of ether oxygens (including phenoxy) is 2. The average Bonchev–Trinajstić information content (AvgIpc) is 2.49. The molecule has 0 aromatic rings. The molecule has 0 saturated heterocycles. The Bertz CT molecular complexity index is 598. The topological polar surface area (TPSA) is 71.4 Å². The van der Waals surface area contributed by atoms with Crippen molar-refractivity contribution in [3.8, 4) is 0 Å². The minimum absolute atomic E-state index is 0.0882. The second-order valence-corrected chi connectivity index (χ2v) is 10.2. The summed E-state index contributed by atoms with van der Waals surface area (Å²) in [4.78, 5) is 25.0. The summed E-state index contributed by atoms with van der Waals surface area (Å²) in [6.45, 7) is 16.7. The molecule has 26 heavy (non-hydrogen) atoms. The summed E-state index contributed by atoms with van der Waals surface area (Å²) in [5, 5.41) is 0.358. The monoisotopic (exact) mass is 387 g/mol. The molecule has 0 bridgehead atoms. The van der Waals surface area contributed by atoms with E-state index in [4.69, 9.17) is 14.2 Å². The Morgan fingerprint density at radius 2 is 1.12 bits per heavy atom. The summed E-state index contributed by atoms with van der Waals surface area (Å²) in [6, 6.07) is 0.522. The Labute approximate surface area is 157 Å². The van der Waals surface area contributed by atoms with Gasteiger partial charge < -0.3 is 9.47 Å². The van der Waals surface area contributed by atoms with Gasteiger partial charge in [0.25, 0.3) is 0 Å². The number of hydrogen-bond donors (Lipinski definition) is 0. The van der Waals surface area contributed by atoms with E-state index in [0.29, 0.717) is 5.31 Å². The SMILES string of the molecule is COC(=O)C1=C(C(=O)OC)P(N(C(C)C)C(C)C)(N(C(C)C)C(C)C)=N1. The van der Waals surface area contributed by atoms with Gasteiger partial charge >= 0.3 is 11.9 Å². The van der Waals surface area contributed by atoms with Gasteiger partial charge in [-0.2, -0.15) is 0 Å². The molecule has 150 valence electrons. The van der Waals surface area contributed by atoms with Gasteiger partial charge in [-0.05, 0) is 55.4 Å². The highest BCUT2D eigenvalue weighted by Crippen LogP contribution is 2.73. The number of hydrogen-bond acceptors (Lipinski definition) is 7. The molecule has 1 rings (SSSR count). The molecular weight excluding hydrogens is 353 g/mol. The van der Waals surface area contributed by atoms with Gasteiger partial charge in [0, 0.05) is 24.2 Å². The second-order valence-electron chi connectivity index (χ2n) is 7.48. The molecule has 0 atom stereocenters. The molecule has 0 aliphatic carbocycles. The van der Waals surface area contributed by atoms with Crippen molar-refractivity contribution < 1.29 is 19.1 Å². The van der Waals surface area contributed by atoms with Crippen molar-refractivity contribution in [1.29, 1.82) is 0 Å². The lowest BCUT2D eigenvalue weighted by atomic mass is 10.3. The summed E-state index contributed by atoms with van der Waals surface area (Å²) in [6.07, 6.45) is 0. The van der Waals surface area contributed by atoms with E-state index in [1.165, 1.54) is 14.2 Å². The largest absolute Gasteiger partial charge is 0.465 e. The van der Waals surface area contributed by atoms with Crippen LogP contribution in [0.25, 0.3) is 0 Å². The number of methoxy groups -OCH3 is 2. The summed E-state index contributed by atoms with van der Waals surface area (Å²) in [5.41, 5.74) is 0.0882. The van der Waals surface area contributed by atoms with Crippen LogP contribution < -0.4 is 0 Å². The lowest BCUT2D eigenvalue weighted by molar-refractivity contribution is -0.139. The van der Waals surface area contributed by atoms with Crippen LogP contribution in [0.15, 0.2) is 15.8 Å². The quantitative estimate of drug-likeness (QED) is 0.466. The molecule has 0 aromatic heterocycles. The van der Waals surface area contributed by atoms with Crippen molar-refractivity contribution in [2.24, 2.45) is 4.74 Å². The van der Waals surface area contributed by atoms with E-state index in [1.54, 1.807) is 0 Å². The second kappa shape index (κ2) is 8.68. The summed E-state index contributed by atoms with van der Waals surface area (Å²) in [5.74, 6) is -1.10. The number of nitrogens with zero attached hydrogens (tertiary/aromatic N) is 3. The van der Waals surface area contributed by atoms with Crippen LogP contribution >= 0.6 is 7.36 Å². The molecule has 1 aliphatic heterocycles. The number of carbonyl (C=O) groups is 2. The van der Waals surface area contributed by atoms with E-state index in [0.717, 1.165) is 0 Å². The van der Waals surface area contributed by atoms with Gasteiger partial charge in [0.2, 0.25) is 0 Å². The Hall–Kier alpha value is -1.17. The summed E-state index contributed by atoms with van der Waals surface area (Å²) < 4.78 is 19.3. The summed E-state index contributed by atoms with van der Waals surface area (Å²) >= 11 is 0. The van der Waals surface area contributed by atoms with E-state index in [1.807, 2.05) is 0 Å². The molecule has 1 heterocycles. The molecular formula is C18H34N3O4P. The van der Waals surface area contributed by atoms with Crippen LogP contribution in [0.2, 0.25) is 0 Å². The van der Waals surface area contributed by atoms with E-state index in [9.17, 15) is 9.59 Å². The van der Waals surface area contributed by atoms with E-state index >= 15 is 0 Å². The van der Waals surface area contributed by atoms with Crippen molar-refractivity contribution >= 4 is 19.3 Å². The van der Waals surface area contributed by atoms with Crippen molar-refractivity contribution in [2.75, 3.05) is 14.2 Å². The molecule has 8 heteroatoms. The maximum Gasteiger partial charge on any atom is 0.357 e. The number of rotatable bonds is 8. The normalized spacial score (nSPS) is 16.6. The molecule has 0 aromatic carbocycles. The minimum atomic E-state index is -2.62. The minimum Gasteiger partial charge on any atom is -0.465 e. The van der Waals surface area contributed by atoms with Crippen molar-refractivity contribution in [2.45, 2.75) is 79.6 Å². The van der Waals surface area contributed by atoms with Gasteiger partial charge in [0.05, 0.1) is 14.2 Å². The molecule has 0 radical (unpaired) electrons. The Balaban J connectivity index is 3.83. The first-order valence-corrected chi connectivity index (χ1v) is 10.7. The van der Waals surface area contributed by atoms with Crippen LogP contribution in [0.4, 0.5) is 0 Å². The molecule has 0 saturated carbocycles. The third-order valence-corrected chi connectivity index (χ3v) is 8.89. The molecule has 1 aliphatic rings. The molecule has 0 amide bonds. The van der Waals surface area contributed by atoms with Gasteiger partial charge in [-0.25, -0.2) is 23.7 Å².